The van der Waals surface area contributed by atoms with Crippen molar-refractivity contribution in [3.05, 3.63) is 33.9 Å². The molecule has 1 heterocycles. The maximum atomic E-state index is 6.42. The Labute approximate surface area is 122 Å². The second-order valence-electron chi connectivity index (χ2n) is 4.98. The zero-order valence-corrected chi connectivity index (χ0v) is 12.3. The summed E-state index contributed by atoms with van der Waals surface area (Å²) < 4.78 is 5.35. The van der Waals surface area contributed by atoms with Crippen molar-refractivity contribution in [2.24, 2.45) is 0 Å². The summed E-state index contributed by atoms with van der Waals surface area (Å²) in [5.41, 5.74) is 1.81. The molecule has 19 heavy (non-hydrogen) atoms. The van der Waals surface area contributed by atoms with Crippen molar-refractivity contribution < 1.29 is 4.74 Å². The SMILES string of the molecule is COc1ccc(Cl)c2nc(C3CCCC3)cc(Cl)c12. The van der Waals surface area contributed by atoms with E-state index in [4.69, 9.17) is 32.9 Å². The summed E-state index contributed by atoms with van der Waals surface area (Å²) in [5, 5.41) is 2.10. The van der Waals surface area contributed by atoms with Crippen molar-refractivity contribution in [2.75, 3.05) is 7.11 Å². The Hall–Kier alpha value is -0.990. The van der Waals surface area contributed by atoms with Crippen molar-refractivity contribution in [3.63, 3.8) is 0 Å². The van der Waals surface area contributed by atoms with Crippen molar-refractivity contribution in [2.45, 2.75) is 31.6 Å². The predicted octanol–water partition coefficient (Wildman–Crippen LogP) is 5.21. The fourth-order valence-electron chi connectivity index (χ4n) is 2.85. The van der Waals surface area contributed by atoms with Crippen LogP contribution in [0.4, 0.5) is 0 Å². The van der Waals surface area contributed by atoms with Crippen LogP contribution in [0.3, 0.4) is 0 Å². The van der Waals surface area contributed by atoms with Gasteiger partial charge in [0.2, 0.25) is 0 Å². The molecule has 3 rings (SSSR count). The number of benzene rings is 1. The third kappa shape index (κ3) is 2.28. The van der Waals surface area contributed by atoms with E-state index < -0.39 is 0 Å². The molecule has 0 radical (unpaired) electrons. The van der Waals surface area contributed by atoms with Gasteiger partial charge in [-0.1, -0.05) is 36.0 Å². The smallest absolute Gasteiger partial charge is 0.129 e. The van der Waals surface area contributed by atoms with Gasteiger partial charge in [-0.25, -0.2) is 0 Å². The van der Waals surface area contributed by atoms with Crippen LogP contribution in [0.2, 0.25) is 10.0 Å². The van der Waals surface area contributed by atoms with E-state index in [1.807, 2.05) is 18.2 Å². The van der Waals surface area contributed by atoms with E-state index in [1.54, 1.807) is 7.11 Å². The number of methoxy groups -OCH3 is 1. The third-order valence-electron chi connectivity index (χ3n) is 3.84. The highest BCUT2D eigenvalue weighted by atomic mass is 35.5. The average Bonchev–Trinajstić information content (AvgIpc) is 2.93. The summed E-state index contributed by atoms with van der Waals surface area (Å²) in [6, 6.07) is 5.61. The normalized spacial score (nSPS) is 16.2. The van der Waals surface area contributed by atoms with Crippen LogP contribution in [-0.2, 0) is 0 Å². The van der Waals surface area contributed by atoms with Gasteiger partial charge in [0.15, 0.2) is 0 Å². The predicted molar refractivity (Wildman–Crippen MR) is 79.5 cm³/mol. The van der Waals surface area contributed by atoms with Crippen molar-refractivity contribution in [1.82, 2.24) is 4.98 Å². The van der Waals surface area contributed by atoms with Gasteiger partial charge in [-0.15, -0.1) is 0 Å². The fraction of sp³-hybridized carbons (Fsp3) is 0.400. The average molecular weight is 296 g/mol. The molecule has 2 nitrogen and oxygen atoms in total. The molecule has 0 spiro atoms. The first-order valence-corrected chi connectivity index (χ1v) is 7.29. The minimum absolute atomic E-state index is 0.518. The Kier molecular flexibility index (Phi) is 3.55. The van der Waals surface area contributed by atoms with Crippen LogP contribution in [-0.4, -0.2) is 12.1 Å². The molecule has 0 aliphatic heterocycles. The summed E-state index contributed by atoms with van der Waals surface area (Å²) in [5.74, 6) is 1.24. The molecule has 2 aromatic rings. The molecular formula is C15H15Cl2NO. The van der Waals surface area contributed by atoms with E-state index in [0.717, 1.165) is 22.3 Å². The van der Waals surface area contributed by atoms with Crippen molar-refractivity contribution >= 4 is 34.1 Å². The molecule has 1 saturated carbocycles. The molecule has 0 bridgehead atoms. The minimum atomic E-state index is 0.518. The third-order valence-corrected chi connectivity index (χ3v) is 4.44. The van der Waals surface area contributed by atoms with Crippen LogP contribution in [0.15, 0.2) is 18.2 Å². The molecule has 1 aliphatic rings. The first-order valence-electron chi connectivity index (χ1n) is 6.53. The molecule has 0 saturated heterocycles. The Morgan fingerprint density at radius 3 is 2.58 bits per heavy atom. The van der Waals surface area contributed by atoms with Crippen molar-refractivity contribution in [3.8, 4) is 5.75 Å². The molecule has 100 valence electrons. The summed E-state index contributed by atoms with van der Waals surface area (Å²) in [7, 11) is 1.63. The van der Waals surface area contributed by atoms with Gasteiger partial charge in [0, 0.05) is 11.6 Å². The molecule has 0 atom stereocenters. The molecule has 0 N–H and O–H groups in total. The number of hydrogen-bond acceptors (Lipinski definition) is 2. The number of ether oxygens (including phenoxy) is 1. The quantitative estimate of drug-likeness (QED) is 0.759. The van der Waals surface area contributed by atoms with E-state index in [9.17, 15) is 0 Å². The highest BCUT2D eigenvalue weighted by Gasteiger charge is 2.21. The molecule has 1 aliphatic carbocycles. The zero-order chi connectivity index (χ0) is 13.4. The Morgan fingerprint density at radius 2 is 1.89 bits per heavy atom. The highest BCUT2D eigenvalue weighted by molar-refractivity contribution is 6.39. The standard InChI is InChI=1S/C15H15Cl2NO/c1-19-13-7-6-10(16)15-14(13)11(17)8-12(18-15)9-4-2-3-5-9/h6-9H,2-5H2,1H3. The van der Waals surface area contributed by atoms with E-state index in [0.29, 0.717) is 16.0 Å². The lowest BCUT2D eigenvalue weighted by atomic mass is 10.0. The summed E-state index contributed by atoms with van der Waals surface area (Å²) >= 11 is 12.7. The number of aromatic nitrogens is 1. The maximum absolute atomic E-state index is 6.42. The van der Waals surface area contributed by atoms with E-state index >= 15 is 0 Å². The second kappa shape index (κ2) is 5.18. The van der Waals surface area contributed by atoms with Gasteiger partial charge in [0.25, 0.3) is 0 Å². The molecule has 4 heteroatoms. The van der Waals surface area contributed by atoms with Gasteiger partial charge >= 0.3 is 0 Å². The zero-order valence-electron chi connectivity index (χ0n) is 10.7. The Morgan fingerprint density at radius 1 is 1.16 bits per heavy atom. The second-order valence-corrected chi connectivity index (χ2v) is 5.80. The van der Waals surface area contributed by atoms with E-state index in [2.05, 4.69) is 0 Å². The van der Waals surface area contributed by atoms with E-state index in [-0.39, 0.29) is 0 Å². The lowest BCUT2D eigenvalue weighted by Gasteiger charge is -2.13. The van der Waals surface area contributed by atoms with Gasteiger partial charge in [-0.05, 0) is 31.0 Å². The maximum Gasteiger partial charge on any atom is 0.129 e. The summed E-state index contributed by atoms with van der Waals surface area (Å²) in [6.45, 7) is 0. The van der Waals surface area contributed by atoms with E-state index in [1.165, 1.54) is 25.7 Å². The van der Waals surface area contributed by atoms with Gasteiger partial charge in [-0.2, -0.15) is 0 Å². The number of rotatable bonds is 2. The number of halogens is 2. The molecule has 1 aromatic carbocycles. The molecule has 0 unspecified atom stereocenters. The van der Waals surface area contributed by atoms with Crippen LogP contribution in [0.25, 0.3) is 10.9 Å². The molecule has 0 amide bonds. The summed E-state index contributed by atoms with van der Waals surface area (Å²) in [4.78, 5) is 4.73. The van der Waals surface area contributed by atoms with Crippen LogP contribution >= 0.6 is 23.2 Å². The topological polar surface area (TPSA) is 22.1 Å². The lowest BCUT2D eigenvalue weighted by molar-refractivity contribution is 0.419. The largest absolute Gasteiger partial charge is 0.496 e. The van der Waals surface area contributed by atoms with Crippen LogP contribution < -0.4 is 4.74 Å². The minimum Gasteiger partial charge on any atom is -0.496 e. The number of hydrogen-bond donors (Lipinski definition) is 0. The highest BCUT2D eigenvalue weighted by Crippen LogP contribution is 2.40. The van der Waals surface area contributed by atoms with Crippen LogP contribution in [0.1, 0.15) is 37.3 Å². The Balaban J connectivity index is 2.22. The fourth-order valence-corrected chi connectivity index (χ4v) is 3.35. The van der Waals surface area contributed by atoms with Crippen LogP contribution in [0, 0.1) is 0 Å². The summed E-state index contributed by atoms with van der Waals surface area (Å²) in [6.07, 6.45) is 4.93. The molecule has 1 fully saturated rings. The van der Waals surface area contributed by atoms with Gasteiger partial charge in [0.1, 0.15) is 5.75 Å². The number of nitrogens with zero attached hydrogens (tertiary/aromatic N) is 1. The monoisotopic (exact) mass is 295 g/mol. The first-order chi connectivity index (χ1) is 9.20. The molecule has 1 aromatic heterocycles. The van der Waals surface area contributed by atoms with Gasteiger partial charge in [-0.3, -0.25) is 4.98 Å². The Bertz CT molecular complexity index is 621. The number of fused-ring (bicyclic) bond motifs is 1. The van der Waals surface area contributed by atoms with Crippen molar-refractivity contribution in [1.29, 1.82) is 0 Å². The van der Waals surface area contributed by atoms with Gasteiger partial charge in [0.05, 0.1) is 28.1 Å². The lowest BCUT2D eigenvalue weighted by Crippen LogP contribution is -1.98. The first kappa shape index (κ1) is 13.0. The molecular weight excluding hydrogens is 281 g/mol. The van der Waals surface area contributed by atoms with Gasteiger partial charge < -0.3 is 4.74 Å². The number of pyridine rings is 1. The van der Waals surface area contributed by atoms with Crippen LogP contribution in [0.5, 0.6) is 5.75 Å².